The molecule has 3 aromatic carbocycles. The number of ketones is 2. The molecule has 0 radical (unpaired) electrons. The van der Waals surface area contributed by atoms with E-state index in [9.17, 15) is 34.2 Å². The highest BCUT2D eigenvalue weighted by molar-refractivity contribution is 5.95. The molecule has 0 unspecified atom stereocenters. The van der Waals surface area contributed by atoms with Crippen molar-refractivity contribution >= 4 is 41.4 Å². The number of nitrogens with one attached hydrogen (secondary N) is 1. The van der Waals surface area contributed by atoms with Gasteiger partial charge in [-0.05, 0) is 61.7 Å². The summed E-state index contributed by atoms with van der Waals surface area (Å²) in [5.41, 5.74) is -5.78. The number of hydrogen-bond acceptors (Lipinski definition) is 14. The smallest absolute Gasteiger partial charge is 0.350 e. The van der Waals surface area contributed by atoms with Crippen molar-refractivity contribution in [3.8, 4) is 0 Å². The van der Waals surface area contributed by atoms with Crippen molar-refractivity contribution in [1.29, 1.82) is 0 Å². The van der Waals surface area contributed by atoms with Gasteiger partial charge in [0.2, 0.25) is 6.10 Å². The molecule has 3 N–H and O–H groups in total. The van der Waals surface area contributed by atoms with Gasteiger partial charge < -0.3 is 44.0 Å². The highest BCUT2D eigenvalue weighted by atomic mass is 16.6. The number of Topliss-reactive ketones (excluding diaryl/α,β-unsaturated/α-hetero) is 2. The summed E-state index contributed by atoms with van der Waals surface area (Å²) in [4.78, 5) is 97.0. The Morgan fingerprint density at radius 3 is 2.00 bits per heavy atom. The summed E-state index contributed by atoms with van der Waals surface area (Å²) in [5.74, 6) is -7.58. The largest absolute Gasteiger partial charge is 0.455 e. The molecule has 0 spiro atoms. The van der Waals surface area contributed by atoms with Crippen molar-refractivity contribution < 1.29 is 67.5 Å². The average Bonchev–Trinajstić information content (AvgIpc) is 3.28. The molecule has 3 aliphatic carbocycles. The van der Waals surface area contributed by atoms with Gasteiger partial charge in [-0.15, -0.1) is 0 Å². The van der Waals surface area contributed by atoms with Gasteiger partial charge in [-0.25, -0.2) is 9.59 Å². The Labute approximate surface area is 383 Å². The predicted molar refractivity (Wildman–Crippen MR) is 235 cm³/mol. The van der Waals surface area contributed by atoms with Gasteiger partial charge in [-0.3, -0.25) is 19.2 Å². The first kappa shape index (κ1) is 47.9. The Hall–Kier alpha value is -6.03. The molecule has 11 atom stereocenters. The van der Waals surface area contributed by atoms with Crippen molar-refractivity contribution in [2.24, 2.45) is 22.7 Å². The molecular weight excluding hydrogens is 851 g/mol. The fraction of sp³-hybridized carbons (Fsp3) is 0.471. The number of fused-ring (bicyclic) bond motifs is 5. The average molecular weight is 908 g/mol. The number of ether oxygens (including phenoxy) is 5. The van der Waals surface area contributed by atoms with Gasteiger partial charge >= 0.3 is 23.9 Å². The molecule has 1 aliphatic heterocycles. The second kappa shape index (κ2) is 18.3. The van der Waals surface area contributed by atoms with Crippen LogP contribution in [0, 0.1) is 22.7 Å². The third-order valence-electron chi connectivity index (χ3n) is 14.4. The Morgan fingerprint density at radius 1 is 0.848 bits per heavy atom. The molecular formula is C51H57NO14. The van der Waals surface area contributed by atoms with Crippen LogP contribution in [0.2, 0.25) is 0 Å². The molecule has 7 rings (SSSR count). The topological polar surface area (TPSA) is 218 Å². The van der Waals surface area contributed by atoms with Gasteiger partial charge in [0, 0.05) is 43.1 Å². The number of carbonyl (C=O) groups excluding carboxylic acids is 7. The molecule has 0 aromatic heterocycles. The maximum absolute atomic E-state index is 15.4. The van der Waals surface area contributed by atoms with E-state index >= 15 is 9.59 Å². The van der Waals surface area contributed by atoms with Crippen LogP contribution in [0.5, 0.6) is 0 Å². The number of amides is 1. The number of rotatable bonds is 13. The normalized spacial score (nSPS) is 30.6. The molecule has 15 heteroatoms. The standard InChI is InChI=1S/C51H57NO14/c1-28(53)23-24-38(56)64-41(40(32-17-11-8-12-18-32)52-45(58)33-19-13-9-14-20-33)47(60)63-35-26-51(61)44(65-46(59)34-21-15-10-16-22-34)42-49(7,43(57)30(3)39(29(35)2)48(51,5)6)36(55)25-37-50(42,27-62-37)66-31(4)54/h8-22,30,35-37,40-42,44,55,61H,23-27H2,1-7H3,(H,52,58)/t30-,35+,36+,37-,40+,41-,42+,44+,49-,50+,51-/m1/s1. The van der Waals surface area contributed by atoms with E-state index in [1.54, 1.807) is 107 Å². The number of benzene rings is 3. The molecule has 3 fully saturated rings. The molecule has 15 nitrogen and oxygen atoms in total. The SMILES string of the molecule is CC(=O)CCC(=O)O[C@@H](C(=O)O[C@H]1C[C@@]2(O)[C@@H](OC(=O)c3ccccc3)[C@@H]3[C@]4(OC(C)=O)CO[C@@H]4C[C@H](O)[C@@]3(C)C(=O)[C@H](C)C(=C1C)C2(C)C)[C@@H](NC(=O)c1ccccc1)c1ccccc1. The Kier molecular flexibility index (Phi) is 13.3. The summed E-state index contributed by atoms with van der Waals surface area (Å²) >= 11 is 0. The summed E-state index contributed by atoms with van der Waals surface area (Å²) in [6.45, 7) is 10.5. The minimum Gasteiger partial charge on any atom is -0.455 e. The lowest BCUT2D eigenvalue weighted by atomic mass is 9.43. The first-order valence-corrected chi connectivity index (χ1v) is 22.2. The molecule has 1 heterocycles. The second-order valence-corrected chi connectivity index (χ2v) is 18.8. The molecule has 4 aliphatic rings. The molecule has 2 saturated carbocycles. The van der Waals surface area contributed by atoms with Crippen molar-refractivity contribution in [2.45, 2.75) is 122 Å². The molecule has 3 aromatic rings. The van der Waals surface area contributed by atoms with Crippen LogP contribution in [0.25, 0.3) is 0 Å². The van der Waals surface area contributed by atoms with E-state index in [-0.39, 0.29) is 42.8 Å². The lowest BCUT2D eigenvalue weighted by Gasteiger charge is -2.67. The third kappa shape index (κ3) is 8.37. The first-order chi connectivity index (χ1) is 31.2. The summed E-state index contributed by atoms with van der Waals surface area (Å²) in [5, 5.41) is 28.7. The minimum atomic E-state index is -2.27. The number of carbonyl (C=O) groups is 7. The van der Waals surface area contributed by atoms with Crippen molar-refractivity contribution in [2.75, 3.05) is 6.61 Å². The maximum atomic E-state index is 15.4. The molecule has 2 bridgehead atoms. The van der Waals surface area contributed by atoms with Gasteiger partial charge in [0.25, 0.3) is 5.91 Å². The van der Waals surface area contributed by atoms with E-state index in [1.165, 1.54) is 32.9 Å². The van der Waals surface area contributed by atoms with Crippen LogP contribution in [0.1, 0.15) is 106 Å². The van der Waals surface area contributed by atoms with Crippen LogP contribution in [-0.4, -0.2) is 99.9 Å². The van der Waals surface area contributed by atoms with Crippen molar-refractivity contribution in [3.05, 3.63) is 119 Å². The van der Waals surface area contributed by atoms with Crippen LogP contribution < -0.4 is 5.32 Å². The monoisotopic (exact) mass is 907 g/mol. The number of aliphatic hydroxyl groups excluding tert-OH is 1. The van der Waals surface area contributed by atoms with Gasteiger partial charge in [0.1, 0.15) is 41.5 Å². The van der Waals surface area contributed by atoms with E-state index in [0.29, 0.717) is 16.7 Å². The van der Waals surface area contributed by atoms with Crippen LogP contribution in [0.15, 0.2) is 102 Å². The minimum absolute atomic E-state index is 0.103. The van der Waals surface area contributed by atoms with Crippen LogP contribution in [-0.2, 0) is 47.7 Å². The fourth-order valence-electron chi connectivity index (χ4n) is 11.0. The number of aliphatic hydroxyl groups is 2. The number of hydrogen-bond donors (Lipinski definition) is 3. The van der Waals surface area contributed by atoms with E-state index in [1.807, 2.05) is 0 Å². The zero-order valence-electron chi connectivity index (χ0n) is 38.1. The van der Waals surface area contributed by atoms with Crippen LogP contribution in [0.4, 0.5) is 0 Å². The molecule has 1 amide bonds. The van der Waals surface area contributed by atoms with E-state index in [0.717, 1.165) is 0 Å². The fourth-order valence-corrected chi connectivity index (χ4v) is 11.0. The summed E-state index contributed by atoms with van der Waals surface area (Å²) in [6, 6.07) is 23.1. The summed E-state index contributed by atoms with van der Waals surface area (Å²) in [6.07, 6.45) is -8.52. The zero-order chi connectivity index (χ0) is 47.9. The van der Waals surface area contributed by atoms with Gasteiger partial charge in [0.05, 0.1) is 36.0 Å². The molecule has 1 saturated heterocycles. The third-order valence-corrected chi connectivity index (χ3v) is 14.4. The Morgan fingerprint density at radius 2 is 1.44 bits per heavy atom. The second-order valence-electron chi connectivity index (χ2n) is 18.8. The highest BCUT2D eigenvalue weighted by Crippen LogP contribution is 2.65. The van der Waals surface area contributed by atoms with E-state index in [4.69, 9.17) is 23.7 Å². The molecule has 350 valence electrons. The maximum Gasteiger partial charge on any atom is 0.350 e. The lowest BCUT2D eigenvalue weighted by molar-refractivity contribution is -0.345. The Balaban J connectivity index is 1.38. The van der Waals surface area contributed by atoms with Crippen LogP contribution >= 0.6 is 0 Å². The summed E-state index contributed by atoms with van der Waals surface area (Å²) < 4.78 is 30.7. The zero-order valence-corrected chi connectivity index (χ0v) is 38.1. The summed E-state index contributed by atoms with van der Waals surface area (Å²) in [7, 11) is 0. The quantitative estimate of drug-likeness (QED) is 0.112. The van der Waals surface area contributed by atoms with Gasteiger partial charge in [-0.1, -0.05) is 87.5 Å². The Bertz CT molecular complexity index is 2420. The van der Waals surface area contributed by atoms with E-state index in [2.05, 4.69) is 5.32 Å². The van der Waals surface area contributed by atoms with Gasteiger partial charge in [-0.2, -0.15) is 0 Å². The highest BCUT2D eigenvalue weighted by Gasteiger charge is 2.77. The van der Waals surface area contributed by atoms with Crippen molar-refractivity contribution in [3.63, 3.8) is 0 Å². The predicted octanol–water partition coefficient (Wildman–Crippen LogP) is 5.36. The first-order valence-electron chi connectivity index (χ1n) is 22.2. The van der Waals surface area contributed by atoms with E-state index < -0.39 is 112 Å². The van der Waals surface area contributed by atoms with Gasteiger partial charge in [0.15, 0.2) is 5.60 Å². The van der Waals surface area contributed by atoms with Crippen LogP contribution in [0.3, 0.4) is 0 Å². The van der Waals surface area contributed by atoms with Crippen molar-refractivity contribution in [1.82, 2.24) is 5.32 Å². The lowest BCUT2D eigenvalue weighted by Crippen LogP contribution is -2.81. The number of esters is 4. The molecule has 66 heavy (non-hydrogen) atoms.